The van der Waals surface area contributed by atoms with Crippen LogP contribution in [0.4, 0.5) is 0 Å². The first-order valence-corrected chi connectivity index (χ1v) is 8.05. The minimum atomic E-state index is 0.184. The Balaban J connectivity index is 1.65. The summed E-state index contributed by atoms with van der Waals surface area (Å²) in [5.74, 6) is 0. The van der Waals surface area contributed by atoms with Crippen LogP contribution in [0.15, 0.2) is 36.4 Å². The third-order valence-corrected chi connectivity index (χ3v) is 5.07. The summed E-state index contributed by atoms with van der Waals surface area (Å²) in [6.45, 7) is 6.08. The smallest absolute Gasteiger partial charge is 0.0952 e. The Morgan fingerprint density at radius 3 is 2.95 bits per heavy atom. The molecule has 1 aliphatic rings. The highest BCUT2D eigenvalue weighted by molar-refractivity contribution is 7.12. The van der Waals surface area contributed by atoms with Crippen molar-refractivity contribution in [3.8, 4) is 0 Å². The first-order chi connectivity index (χ1) is 9.74. The van der Waals surface area contributed by atoms with Crippen LogP contribution in [0.2, 0.25) is 0 Å². The second-order valence-electron chi connectivity index (χ2n) is 5.39. The van der Waals surface area contributed by atoms with Crippen LogP contribution in [-0.2, 0) is 11.2 Å². The monoisotopic (exact) mass is 287 g/mol. The molecule has 2 aromatic rings. The number of rotatable bonds is 4. The predicted molar refractivity (Wildman–Crippen MR) is 84.3 cm³/mol. The van der Waals surface area contributed by atoms with Crippen molar-refractivity contribution < 1.29 is 4.74 Å². The van der Waals surface area contributed by atoms with Gasteiger partial charge in [0.15, 0.2) is 0 Å². The maximum absolute atomic E-state index is 5.94. The lowest BCUT2D eigenvalue weighted by Gasteiger charge is -2.27. The minimum absolute atomic E-state index is 0.184. The molecule has 0 bridgehead atoms. The number of aryl methyl sites for hydroxylation is 1. The van der Waals surface area contributed by atoms with Gasteiger partial charge in [0.1, 0.15) is 0 Å². The molecule has 1 aromatic heterocycles. The summed E-state index contributed by atoms with van der Waals surface area (Å²) in [4.78, 5) is 2.76. The fraction of sp³-hybridized carbons (Fsp3) is 0.412. The summed E-state index contributed by atoms with van der Waals surface area (Å²) in [6, 6.07) is 13.4. The van der Waals surface area contributed by atoms with Gasteiger partial charge in [-0.3, -0.25) is 0 Å². The molecule has 3 rings (SSSR count). The van der Waals surface area contributed by atoms with Crippen LogP contribution in [0.3, 0.4) is 0 Å². The Hall–Kier alpha value is -1.16. The number of ether oxygens (including phenoxy) is 1. The fourth-order valence-electron chi connectivity index (χ4n) is 2.72. The molecule has 0 spiro atoms. The Morgan fingerprint density at radius 2 is 2.15 bits per heavy atom. The molecule has 0 aliphatic carbocycles. The van der Waals surface area contributed by atoms with Gasteiger partial charge in [0, 0.05) is 22.3 Å². The Kier molecular flexibility index (Phi) is 4.20. The third-order valence-electron chi connectivity index (χ3n) is 3.89. The topological polar surface area (TPSA) is 21.3 Å². The highest BCUT2D eigenvalue weighted by Crippen LogP contribution is 2.28. The summed E-state index contributed by atoms with van der Waals surface area (Å²) in [6.07, 6.45) is 1.22. The zero-order chi connectivity index (χ0) is 13.9. The second kappa shape index (κ2) is 6.08. The van der Waals surface area contributed by atoms with E-state index in [2.05, 4.69) is 55.6 Å². The molecule has 1 aliphatic heterocycles. The molecular formula is C17H21NOS. The van der Waals surface area contributed by atoms with E-state index in [9.17, 15) is 0 Å². The molecule has 2 nitrogen and oxygen atoms in total. The van der Waals surface area contributed by atoms with E-state index in [0.29, 0.717) is 6.04 Å². The fourth-order valence-corrected chi connectivity index (χ4v) is 3.62. The number of fused-ring (bicyclic) bond motifs is 1. The standard InChI is InChI=1S/C17H21NOS/c1-12-7-8-17(20-12)13(2)18-11-16-15-6-4-3-5-14(15)9-10-19-16/h3-8,13,16,18H,9-11H2,1-2H3. The highest BCUT2D eigenvalue weighted by atomic mass is 32.1. The van der Waals surface area contributed by atoms with E-state index in [1.165, 1.54) is 20.9 Å². The van der Waals surface area contributed by atoms with Crippen molar-refractivity contribution >= 4 is 11.3 Å². The molecule has 106 valence electrons. The van der Waals surface area contributed by atoms with E-state index in [1.807, 2.05) is 11.3 Å². The van der Waals surface area contributed by atoms with Gasteiger partial charge < -0.3 is 10.1 Å². The summed E-state index contributed by atoms with van der Waals surface area (Å²) in [7, 11) is 0. The Morgan fingerprint density at radius 1 is 1.30 bits per heavy atom. The van der Waals surface area contributed by atoms with Crippen molar-refractivity contribution in [3.05, 3.63) is 57.3 Å². The zero-order valence-electron chi connectivity index (χ0n) is 12.1. The van der Waals surface area contributed by atoms with Gasteiger partial charge in [0.25, 0.3) is 0 Å². The van der Waals surface area contributed by atoms with E-state index >= 15 is 0 Å². The van der Waals surface area contributed by atoms with Gasteiger partial charge >= 0.3 is 0 Å². The first kappa shape index (κ1) is 13.8. The molecule has 1 aromatic carbocycles. The number of hydrogen-bond donors (Lipinski definition) is 1. The zero-order valence-corrected chi connectivity index (χ0v) is 12.9. The molecule has 0 amide bonds. The van der Waals surface area contributed by atoms with Crippen LogP contribution in [0.1, 0.15) is 40.0 Å². The lowest BCUT2D eigenvalue weighted by atomic mass is 9.97. The van der Waals surface area contributed by atoms with Crippen LogP contribution in [0.25, 0.3) is 0 Å². The van der Waals surface area contributed by atoms with Crippen molar-refractivity contribution in [2.24, 2.45) is 0 Å². The van der Waals surface area contributed by atoms with Crippen LogP contribution >= 0.6 is 11.3 Å². The number of benzene rings is 1. The van der Waals surface area contributed by atoms with Crippen molar-refractivity contribution in [1.82, 2.24) is 5.32 Å². The molecule has 20 heavy (non-hydrogen) atoms. The van der Waals surface area contributed by atoms with Gasteiger partial charge in [-0.15, -0.1) is 11.3 Å². The lowest BCUT2D eigenvalue weighted by Crippen LogP contribution is -2.29. The summed E-state index contributed by atoms with van der Waals surface area (Å²) in [5.41, 5.74) is 2.78. The summed E-state index contributed by atoms with van der Waals surface area (Å²) >= 11 is 1.86. The van der Waals surface area contributed by atoms with Gasteiger partial charge in [-0.05, 0) is 43.5 Å². The second-order valence-corrected chi connectivity index (χ2v) is 6.71. The summed E-state index contributed by atoms with van der Waals surface area (Å²) < 4.78 is 5.94. The van der Waals surface area contributed by atoms with Gasteiger partial charge in [0.05, 0.1) is 12.7 Å². The van der Waals surface area contributed by atoms with Crippen molar-refractivity contribution in [2.75, 3.05) is 13.2 Å². The van der Waals surface area contributed by atoms with E-state index in [-0.39, 0.29) is 6.10 Å². The molecule has 2 heterocycles. The van der Waals surface area contributed by atoms with Crippen LogP contribution in [0, 0.1) is 6.92 Å². The maximum atomic E-state index is 5.94. The molecule has 1 N–H and O–H groups in total. The molecule has 2 atom stereocenters. The molecule has 0 fully saturated rings. The largest absolute Gasteiger partial charge is 0.372 e. The molecule has 0 saturated heterocycles. The van der Waals surface area contributed by atoms with Gasteiger partial charge in [-0.25, -0.2) is 0 Å². The van der Waals surface area contributed by atoms with Gasteiger partial charge in [-0.1, -0.05) is 24.3 Å². The average molecular weight is 287 g/mol. The van der Waals surface area contributed by atoms with Crippen LogP contribution in [-0.4, -0.2) is 13.2 Å². The first-order valence-electron chi connectivity index (χ1n) is 7.23. The lowest BCUT2D eigenvalue weighted by molar-refractivity contribution is 0.0410. The quantitative estimate of drug-likeness (QED) is 0.917. The van der Waals surface area contributed by atoms with E-state index < -0.39 is 0 Å². The maximum Gasteiger partial charge on any atom is 0.0952 e. The number of nitrogens with one attached hydrogen (secondary N) is 1. The summed E-state index contributed by atoms with van der Waals surface area (Å²) in [5, 5.41) is 3.61. The molecular weight excluding hydrogens is 266 g/mol. The molecule has 0 radical (unpaired) electrons. The van der Waals surface area contributed by atoms with Crippen LogP contribution < -0.4 is 5.32 Å². The SMILES string of the molecule is Cc1ccc(C(C)NCC2OCCc3ccccc32)s1. The Labute approximate surface area is 124 Å². The van der Waals surface area contributed by atoms with Gasteiger partial charge in [0.2, 0.25) is 0 Å². The van der Waals surface area contributed by atoms with Crippen molar-refractivity contribution in [3.63, 3.8) is 0 Å². The minimum Gasteiger partial charge on any atom is -0.372 e. The van der Waals surface area contributed by atoms with Crippen LogP contribution in [0.5, 0.6) is 0 Å². The Bertz CT molecular complexity index is 578. The highest BCUT2D eigenvalue weighted by Gasteiger charge is 2.21. The van der Waals surface area contributed by atoms with E-state index in [1.54, 1.807) is 0 Å². The normalized spacial score (nSPS) is 19.6. The van der Waals surface area contributed by atoms with E-state index in [0.717, 1.165) is 19.6 Å². The predicted octanol–water partition coefficient (Wildman–Crippen LogP) is 4.02. The molecule has 3 heteroatoms. The molecule has 0 saturated carbocycles. The van der Waals surface area contributed by atoms with E-state index in [4.69, 9.17) is 4.74 Å². The number of hydrogen-bond acceptors (Lipinski definition) is 3. The average Bonchev–Trinajstić information content (AvgIpc) is 2.91. The van der Waals surface area contributed by atoms with Crippen molar-refractivity contribution in [1.29, 1.82) is 0 Å². The number of thiophene rings is 1. The molecule has 2 unspecified atom stereocenters. The van der Waals surface area contributed by atoms with Crippen molar-refractivity contribution in [2.45, 2.75) is 32.4 Å². The third kappa shape index (κ3) is 2.95. The van der Waals surface area contributed by atoms with Gasteiger partial charge in [-0.2, -0.15) is 0 Å².